The molecule has 0 saturated carbocycles. The summed E-state index contributed by atoms with van der Waals surface area (Å²) in [5.74, 6) is -2.65. The molecular weight excluding hydrogens is 378 g/mol. The van der Waals surface area contributed by atoms with E-state index in [9.17, 15) is 24.3 Å². The van der Waals surface area contributed by atoms with Crippen molar-refractivity contribution in [2.75, 3.05) is 12.0 Å². The summed E-state index contributed by atoms with van der Waals surface area (Å²) in [7, 11) is 1.22. The highest BCUT2D eigenvalue weighted by molar-refractivity contribution is 8.00. The summed E-state index contributed by atoms with van der Waals surface area (Å²) in [5, 5.41) is 10.3. The van der Waals surface area contributed by atoms with E-state index in [1.54, 1.807) is 23.6 Å². The van der Waals surface area contributed by atoms with Gasteiger partial charge in [0.1, 0.15) is 5.00 Å². The number of nitrogens with zero attached hydrogens (tertiary/aromatic N) is 1. The van der Waals surface area contributed by atoms with Gasteiger partial charge in [0.2, 0.25) is 11.8 Å². The number of carbonyl (C=O) groups is 4. The Morgan fingerprint density at radius 1 is 1.23 bits per heavy atom. The highest BCUT2D eigenvalue weighted by atomic mass is 32.2. The van der Waals surface area contributed by atoms with Crippen LogP contribution in [-0.4, -0.2) is 41.2 Å². The number of rotatable bonds is 5. The molecule has 0 aliphatic carbocycles. The fraction of sp³-hybridized carbons (Fsp3) is 0.176. The number of hydrogen-bond acceptors (Lipinski definition) is 7. The molecule has 0 unspecified atom stereocenters. The smallest absolute Gasteiger partial charge is 0.340 e. The van der Waals surface area contributed by atoms with Crippen LogP contribution >= 0.6 is 23.1 Å². The van der Waals surface area contributed by atoms with Gasteiger partial charge in [-0.25, -0.2) is 14.5 Å². The number of thiophene rings is 1. The number of amides is 2. The van der Waals surface area contributed by atoms with Crippen molar-refractivity contribution in [3.05, 3.63) is 46.8 Å². The van der Waals surface area contributed by atoms with Gasteiger partial charge in [0.25, 0.3) is 0 Å². The molecule has 1 N–H and O–H groups in total. The molecule has 9 heteroatoms. The number of imide groups is 1. The van der Waals surface area contributed by atoms with Crippen molar-refractivity contribution in [2.45, 2.75) is 16.6 Å². The normalized spacial score (nSPS) is 16.8. The van der Waals surface area contributed by atoms with Crippen LogP contribution in [0.25, 0.3) is 0 Å². The third-order valence-corrected chi connectivity index (χ3v) is 5.91. The van der Waals surface area contributed by atoms with Crippen LogP contribution in [0.1, 0.15) is 27.1 Å². The fourth-order valence-corrected chi connectivity index (χ4v) is 4.64. The van der Waals surface area contributed by atoms with Gasteiger partial charge in [-0.3, -0.25) is 9.59 Å². The highest BCUT2D eigenvalue weighted by Gasteiger charge is 2.42. The molecule has 1 aliphatic heterocycles. The van der Waals surface area contributed by atoms with E-state index in [1.165, 1.54) is 19.2 Å². The summed E-state index contributed by atoms with van der Waals surface area (Å²) in [4.78, 5) is 49.7. The molecule has 1 aliphatic rings. The number of thioether (sulfide) groups is 1. The van der Waals surface area contributed by atoms with Crippen LogP contribution in [0.3, 0.4) is 0 Å². The molecule has 7 nitrogen and oxygen atoms in total. The number of carboxylic acid groups (broad SMARTS) is 1. The average Bonchev–Trinajstić information content (AvgIpc) is 3.19. The third kappa shape index (κ3) is 3.23. The summed E-state index contributed by atoms with van der Waals surface area (Å²) in [5.41, 5.74) is 0.221. The zero-order valence-corrected chi connectivity index (χ0v) is 15.1. The van der Waals surface area contributed by atoms with Crippen molar-refractivity contribution in [2.24, 2.45) is 0 Å². The molecule has 2 amide bonds. The van der Waals surface area contributed by atoms with Gasteiger partial charge < -0.3 is 9.84 Å². The maximum absolute atomic E-state index is 12.8. The molecule has 0 radical (unpaired) electrons. The Labute approximate surface area is 156 Å². The molecule has 1 atom stereocenters. The van der Waals surface area contributed by atoms with Gasteiger partial charge in [0.15, 0.2) is 0 Å². The zero-order valence-electron chi connectivity index (χ0n) is 13.5. The Morgan fingerprint density at radius 3 is 2.65 bits per heavy atom. The molecule has 0 spiro atoms. The van der Waals surface area contributed by atoms with Gasteiger partial charge in [-0.1, -0.05) is 12.1 Å². The number of ether oxygens (including phenoxy) is 1. The zero-order chi connectivity index (χ0) is 18.8. The average molecular weight is 391 g/mol. The van der Waals surface area contributed by atoms with Gasteiger partial charge in [0, 0.05) is 11.3 Å². The second-order valence-corrected chi connectivity index (χ2v) is 7.45. The third-order valence-electron chi connectivity index (χ3n) is 3.75. The van der Waals surface area contributed by atoms with Gasteiger partial charge >= 0.3 is 11.9 Å². The lowest BCUT2D eigenvalue weighted by Crippen LogP contribution is -2.31. The van der Waals surface area contributed by atoms with E-state index in [0.29, 0.717) is 4.90 Å². The van der Waals surface area contributed by atoms with Crippen LogP contribution in [0.4, 0.5) is 5.00 Å². The molecule has 3 rings (SSSR count). The summed E-state index contributed by atoms with van der Waals surface area (Å²) in [6, 6.07) is 7.79. The first-order valence-corrected chi connectivity index (χ1v) is 9.21. The maximum atomic E-state index is 12.8. The van der Waals surface area contributed by atoms with E-state index in [4.69, 9.17) is 0 Å². The SMILES string of the molecule is COC(=O)c1ccsc1N1C(=O)C[C@@H](Sc2ccccc2C(=O)O)C1=O. The predicted molar refractivity (Wildman–Crippen MR) is 95.8 cm³/mol. The number of carboxylic acids is 1. The Kier molecular flexibility index (Phi) is 5.10. The Balaban J connectivity index is 1.88. The lowest BCUT2D eigenvalue weighted by Gasteiger charge is -2.14. The minimum atomic E-state index is -1.10. The molecule has 2 aromatic rings. The number of anilines is 1. The van der Waals surface area contributed by atoms with Crippen molar-refractivity contribution in [3.8, 4) is 0 Å². The molecule has 1 fully saturated rings. The summed E-state index contributed by atoms with van der Waals surface area (Å²) in [6.45, 7) is 0. The molecule has 0 bridgehead atoms. The van der Waals surface area contributed by atoms with Gasteiger partial charge in [0.05, 0.1) is 23.5 Å². The van der Waals surface area contributed by atoms with E-state index in [-0.39, 0.29) is 22.5 Å². The first-order chi connectivity index (χ1) is 12.4. The van der Waals surface area contributed by atoms with Crippen molar-refractivity contribution >= 4 is 51.9 Å². The number of aromatic carboxylic acids is 1. The van der Waals surface area contributed by atoms with Crippen LogP contribution in [0.15, 0.2) is 40.6 Å². The van der Waals surface area contributed by atoms with Crippen molar-refractivity contribution in [3.63, 3.8) is 0 Å². The van der Waals surface area contributed by atoms with Crippen LogP contribution in [0.5, 0.6) is 0 Å². The van der Waals surface area contributed by atoms with E-state index < -0.39 is 29.0 Å². The number of hydrogen-bond donors (Lipinski definition) is 1. The Bertz CT molecular complexity index is 906. The fourth-order valence-electron chi connectivity index (χ4n) is 2.55. The van der Waals surface area contributed by atoms with Gasteiger partial charge in [-0.15, -0.1) is 23.1 Å². The predicted octanol–water partition coefficient (Wildman–Crippen LogP) is 2.66. The molecule has 26 heavy (non-hydrogen) atoms. The minimum Gasteiger partial charge on any atom is -0.478 e. The number of carbonyl (C=O) groups excluding carboxylic acids is 3. The summed E-state index contributed by atoms with van der Waals surface area (Å²) in [6.07, 6.45) is -0.0734. The largest absolute Gasteiger partial charge is 0.478 e. The Hall–Kier alpha value is -2.65. The number of esters is 1. The molecule has 1 aromatic heterocycles. The molecule has 2 heterocycles. The van der Waals surface area contributed by atoms with Crippen molar-refractivity contribution in [1.82, 2.24) is 0 Å². The molecule has 1 aromatic carbocycles. The van der Waals surface area contributed by atoms with Crippen LogP contribution in [0, 0.1) is 0 Å². The van der Waals surface area contributed by atoms with Crippen LogP contribution in [-0.2, 0) is 14.3 Å². The van der Waals surface area contributed by atoms with Crippen molar-refractivity contribution in [1.29, 1.82) is 0 Å². The highest BCUT2D eigenvalue weighted by Crippen LogP contribution is 2.38. The standard InChI is InChI=1S/C17H13NO6S2/c1-24-17(23)10-6-7-25-15(10)18-13(19)8-12(14(18)20)26-11-5-3-2-4-9(11)16(21)22/h2-7,12H,8H2,1H3,(H,21,22)/t12-/m1/s1. The lowest BCUT2D eigenvalue weighted by atomic mass is 10.2. The maximum Gasteiger partial charge on any atom is 0.340 e. The van der Waals surface area contributed by atoms with Crippen LogP contribution < -0.4 is 4.90 Å². The van der Waals surface area contributed by atoms with E-state index in [0.717, 1.165) is 28.0 Å². The van der Waals surface area contributed by atoms with E-state index in [2.05, 4.69) is 4.74 Å². The van der Waals surface area contributed by atoms with E-state index in [1.807, 2.05) is 0 Å². The first-order valence-electron chi connectivity index (χ1n) is 7.45. The first kappa shape index (κ1) is 18.2. The molecule has 134 valence electrons. The minimum absolute atomic E-state index is 0.0718. The molecular formula is C17H13NO6S2. The second-order valence-electron chi connectivity index (χ2n) is 5.31. The quantitative estimate of drug-likeness (QED) is 0.618. The lowest BCUT2D eigenvalue weighted by molar-refractivity contribution is -0.121. The number of benzene rings is 1. The summed E-state index contributed by atoms with van der Waals surface area (Å²) < 4.78 is 4.68. The second kappa shape index (κ2) is 7.30. The van der Waals surface area contributed by atoms with Gasteiger partial charge in [-0.05, 0) is 23.6 Å². The van der Waals surface area contributed by atoms with E-state index >= 15 is 0 Å². The Morgan fingerprint density at radius 2 is 1.96 bits per heavy atom. The summed E-state index contributed by atoms with van der Waals surface area (Å²) >= 11 is 2.13. The van der Waals surface area contributed by atoms with Gasteiger partial charge in [-0.2, -0.15) is 0 Å². The van der Waals surface area contributed by atoms with Crippen molar-refractivity contribution < 1.29 is 29.0 Å². The topological polar surface area (TPSA) is 101 Å². The van der Waals surface area contributed by atoms with Crippen LogP contribution in [0.2, 0.25) is 0 Å². The monoisotopic (exact) mass is 391 g/mol. The number of methoxy groups -OCH3 is 1. The molecule has 1 saturated heterocycles.